The number of nitrogens with one attached hydrogen (secondary N) is 1. The Morgan fingerprint density at radius 3 is 2.17 bits per heavy atom. The standard InChI is InChI=1S/C36H56N2O4/c1-24(2)42-30(41)38-34(9)19-17-31(4,5)14-12-15-33(8,18-20-34)36(11)16-13-27-32(6,7)29(40)26(23-37)22-35(27,10)28(36)21-25(3)39/h21-22,24,27H,12-20H2,1-11H3,(H,38,41)/b28-21-/t27-,33-,34-,35-,36+/m0/s1. The van der Waals surface area contributed by atoms with E-state index in [2.05, 4.69) is 52.9 Å². The lowest BCUT2D eigenvalue weighted by Crippen LogP contribution is -2.56. The maximum absolute atomic E-state index is 13.3. The molecule has 3 aliphatic carbocycles. The molecule has 234 valence electrons. The summed E-state index contributed by atoms with van der Waals surface area (Å²) in [5.41, 5.74) is -0.878. The van der Waals surface area contributed by atoms with Crippen LogP contribution in [0.2, 0.25) is 0 Å². The fraction of sp³-hybridized carbons (Fsp3) is 0.778. The predicted octanol–water partition coefficient (Wildman–Crippen LogP) is 8.65. The van der Waals surface area contributed by atoms with Gasteiger partial charge in [0.1, 0.15) is 6.07 Å². The fourth-order valence-electron chi connectivity index (χ4n) is 8.70. The first kappa shape index (κ1) is 34.1. The number of carbonyl (C=O) groups is 3. The number of amides is 1. The van der Waals surface area contributed by atoms with Crippen LogP contribution in [0.15, 0.2) is 23.3 Å². The number of hydrogen-bond donors (Lipinski definition) is 1. The van der Waals surface area contributed by atoms with E-state index < -0.39 is 16.4 Å². The van der Waals surface area contributed by atoms with Crippen molar-refractivity contribution >= 4 is 17.7 Å². The summed E-state index contributed by atoms with van der Waals surface area (Å²) in [4.78, 5) is 39.1. The van der Waals surface area contributed by atoms with Gasteiger partial charge in [-0.25, -0.2) is 4.79 Å². The lowest BCUT2D eigenvalue weighted by atomic mass is 9.41. The number of alkyl carbamates (subject to hydrolysis) is 1. The van der Waals surface area contributed by atoms with Crippen LogP contribution in [0.1, 0.15) is 134 Å². The molecule has 0 aromatic rings. The van der Waals surface area contributed by atoms with Crippen molar-refractivity contribution in [1.82, 2.24) is 5.32 Å². The number of nitrogens with zero attached hydrogens (tertiary/aromatic N) is 1. The molecule has 0 aliphatic heterocycles. The summed E-state index contributed by atoms with van der Waals surface area (Å²) < 4.78 is 5.51. The van der Waals surface area contributed by atoms with Gasteiger partial charge < -0.3 is 10.1 Å². The van der Waals surface area contributed by atoms with Crippen molar-refractivity contribution in [1.29, 1.82) is 5.26 Å². The van der Waals surface area contributed by atoms with Crippen molar-refractivity contribution in [3.63, 3.8) is 0 Å². The Labute approximate surface area is 255 Å². The Kier molecular flexibility index (Phi) is 9.40. The topological polar surface area (TPSA) is 96.3 Å². The van der Waals surface area contributed by atoms with Crippen molar-refractivity contribution in [2.75, 3.05) is 0 Å². The van der Waals surface area contributed by atoms with Gasteiger partial charge in [0.15, 0.2) is 11.6 Å². The third-order valence-electron chi connectivity index (χ3n) is 11.7. The van der Waals surface area contributed by atoms with Crippen LogP contribution in [0.4, 0.5) is 4.79 Å². The Morgan fingerprint density at radius 2 is 1.60 bits per heavy atom. The molecule has 1 N–H and O–H groups in total. The van der Waals surface area contributed by atoms with Gasteiger partial charge in [0.25, 0.3) is 0 Å². The highest BCUT2D eigenvalue weighted by molar-refractivity contribution is 6.04. The third-order valence-corrected chi connectivity index (χ3v) is 11.7. The monoisotopic (exact) mass is 580 g/mol. The lowest BCUT2D eigenvalue weighted by Gasteiger charge is -2.62. The summed E-state index contributed by atoms with van der Waals surface area (Å²) in [6.07, 6.45) is 11.5. The highest BCUT2D eigenvalue weighted by atomic mass is 16.6. The molecular formula is C36H56N2O4. The van der Waals surface area contributed by atoms with Crippen LogP contribution in [-0.2, 0) is 14.3 Å². The van der Waals surface area contributed by atoms with Crippen molar-refractivity contribution in [3.05, 3.63) is 23.3 Å². The summed E-state index contributed by atoms with van der Waals surface area (Å²) >= 11 is 0. The Balaban J connectivity index is 2.15. The Hall–Kier alpha value is -2.42. The number of rotatable bonds is 4. The van der Waals surface area contributed by atoms with E-state index in [1.165, 1.54) is 0 Å². The van der Waals surface area contributed by atoms with Gasteiger partial charge in [-0.3, -0.25) is 9.59 Å². The molecule has 0 unspecified atom stereocenters. The van der Waals surface area contributed by atoms with Crippen molar-refractivity contribution in [2.24, 2.45) is 33.0 Å². The summed E-state index contributed by atoms with van der Waals surface area (Å²) in [5.74, 6) is -0.110. The molecule has 0 saturated heterocycles. The molecule has 0 aromatic heterocycles. The first-order valence-corrected chi connectivity index (χ1v) is 16.0. The number of allylic oxidation sites excluding steroid dienone is 4. The van der Waals surface area contributed by atoms with E-state index in [-0.39, 0.29) is 51.5 Å². The molecule has 1 amide bonds. The molecule has 3 aliphatic rings. The van der Waals surface area contributed by atoms with Crippen LogP contribution < -0.4 is 5.32 Å². The van der Waals surface area contributed by atoms with Crippen molar-refractivity contribution < 1.29 is 19.1 Å². The van der Waals surface area contributed by atoms with Gasteiger partial charge >= 0.3 is 6.09 Å². The average Bonchev–Trinajstić information content (AvgIpc) is 2.85. The number of carbonyl (C=O) groups excluding carboxylic acids is 3. The van der Waals surface area contributed by atoms with Gasteiger partial charge in [-0.1, -0.05) is 66.5 Å². The van der Waals surface area contributed by atoms with Gasteiger partial charge in [0.2, 0.25) is 0 Å². The molecule has 0 bridgehead atoms. The molecule has 0 aromatic carbocycles. The smallest absolute Gasteiger partial charge is 0.407 e. The van der Waals surface area contributed by atoms with E-state index in [9.17, 15) is 19.6 Å². The van der Waals surface area contributed by atoms with Gasteiger partial charge in [0, 0.05) is 16.4 Å². The molecule has 2 fully saturated rings. The molecule has 42 heavy (non-hydrogen) atoms. The van der Waals surface area contributed by atoms with Crippen LogP contribution in [0.5, 0.6) is 0 Å². The predicted molar refractivity (Wildman–Crippen MR) is 168 cm³/mol. The van der Waals surface area contributed by atoms with Crippen LogP contribution in [0, 0.1) is 44.3 Å². The van der Waals surface area contributed by atoms with E-state index >= 15 is 0 Å². The summed E-state index contributed by atoms with van der Waals surface area (Å²) in [7, 11) is 0. The van der Waals surface area contributed by atoms with Gasteiger partial charge in [-0.2, -0.15) is 5.26 Å². The number of ketones is 2. The Bertz CT molecular complexity index is 1200. The second-order valence-corrected chi connectivity index (χ2v) is 16.3. The van der Waals surface area contributed by atoms with Gasteiger partial charge in [-0.15, -0.1) is 0 Å². The van der Waals surface area contributed by atoms with Gasteiger partial charge in [0.05, 0.1) is 11.7 Å². The zero-order chi connectivity index (χ0) is 31.9. The second-order valence-electron chi connectivity index (χ2n) is 16.3. The first-order chi connectivity index (χ1) is 19.1. The van der Waals surface area contributed by atoms with E-state index in [0.717, 1.165) is 63.4 Å². The molecule has 6 heteroatoms. The van der Waals surface area contributed by atoms with Crippen LogP contribution in [0.25, 0.3) is 0 Å². The molecule has 0 heterocycles. The van der Waals surface area contributed by atoms with E-state index in [1.54, 1.807) is 6.92 Å². The zero-order valence-corrected chi connectivity index (χ0v) is 28.3. The quantitative estimate of drug-likeness (QED) is 0.336. The number of fused-ring (bicyclic) bond motifs is 1. The SMILES string of the molecule is CC(=O)/C=C1/[C@@]2(C)C=C(C#N)C(=O)C(C)(C)[C@@H]2CC[C@@]1(C)[C@@]1(C)CCCC(C)(C)CC[C@](C)(NC(=O)OC(C)C)CC1. The van der Waals surface area contributed by atoms with Crippen LogP contribution in [0.3, 0.4) is 0 Å². The molecular weight excluding hydrogens is 524 g/mol. The van der Waals surface area contributed by atoms with Gasteiger partial charge in [-0.05, 0) is 107 Å². The lowest BCUT2D eigenvalue weighted by molar-refractivity contribution is -0.131. The van der Waals surface area contributed by atoms with Crippen LogP contribution in [-0.4, -0.2) is 29.3 Å². The summed E-state index contributed by atoms with van der Waals surface area (Å²) in [6, 6.07) is 2.19. The second kappa shape index (κ2) is 11.6. The third kappa shape index (κ3) is 6.41. The zero-order valence-electron chi connectivity index (χ0n) is 28.3. The molecule has 5 atom stereocenters. The molecule has 2 saturated carbocycles. The maximum Gasteiger partial charge on any atom is 0.407 e. The number of hydrogen-bond acceptors (Lipinski definition) is 5. The highest BCUT2D eigenvalue weighted by Crippen LogP contribution is 2.68. The fourth-order valence-corrected chi connectivity index (χ4v) is 8.70. The van der Waals surface area contributed by atoms with E-state index in [4.69, 9.17) is 4.74 Å². The Morgan fingerprint density at radius 1 is 0.976 bits per heavy atom. The largest absolute Gasteiger partial charge is 0.447 e. The highest BCUT2D eigenvalue weighted by Gasteiger charge is 2.61. The maximum atomic E-state index is 13.3. The van der Waals surface area contributed by atoms with E-state index in [1.807, 2.05) is 39.8 Å². The van der Waals surface area contributed by atoms with Crippen LogP contribution >= 0.6 is 0 Å². The molecule has 0 radical (unpaired) electrons. The minimum atomic E-state index is -0.702. The number of nitriles is 1. The summed E-state index contributed by atoms with van der Waals surface area (Å²) in [5, 5.41) is 13.2. The van der Waals surface area contributed by atoms with Crippen molar-refractivity contribution in [3.8, 4) is 6.07 Å². The molecule has 3 rings (SSSR count). The normalized spacial score (nSPS) is 37.7. The minimum Gasteiger partial charge on any atom is -0.447 e. The number of ether oxygens (including phenoxy) is 1. The van der Waals surface area contributed by atoms with Crippen molar-refractivity contribution in [2.45, 2.75) is 146 Å². The molecule has 6 nitrogen and oxygen atoms in total. The minimum absolute atomic E-state index is 0.00641. The first-order valence-electron chi connectivity index (χ1n) is 16.0. The average molecular weight is 581 g/mol. The summed E-state index contributed by atoms with van der Waals surface area (Å²) in [6.45, 7) is 22.9. The molecule has 0 spiro atoms. The number of Topliss-reactive ketones (excluding diaryl/α,β-unsaturated/α-hetero) is 1. The van der Waals surface area contributed by atoms with E-state index in [0.29, 0.717) is 0 Å².